The van der Waals surface area contributed by atoms with E-state index in [0.717, 1.165) is 12.0 Å². The molecule has 0 amide bonds. The molecule has 0 fully saturated rings. The minimum atomic E-state index is -0.562. The van der Waals surface area contributed by atoms with Crippen LogP contribution < -0.4 is 5.73 Å². The second-order valence-electron chi connectivity index (χ2n) is 5.24. The highest BCUT2D eigenvalue weighted by Gasteiger charge is 2.23. The first-order valence-corrected chi connectivity index (χ1v) is 6.64. The van der Waals surface area contributed by atoms with Crippen LogP contribution in [0.15, 0.2) is 48.5 Å². The smallest absolute Gasteiger partial charge is 0.126 e. The van der Waals surface area contributed by atoms with Gasteiger partial charge in [-0.05, 0) is 42.5 Å². The molecule has 1 unspecified atom stereocenters. The molecule has 100 valence electrons. The van der Waals surface area contributed by atoms with Crippen LogP contribution in [0.4, 0.5) is 4.39 Å². The lowest BCUT2D eigenvalue weighted by Crippen LogP contribution is -2.35. The van der Waals surface area contributed by atoms with Crippen molar-refractivity contribution >= 4 is 0 Å². The van der Waals surface area contributed by atoms with Crippen molar-refractivity contribution < 1.29 is 4.39 Å². The van der Waals surface area contributed by atoms with E-state index in [0.29, 0.717) is 12.0 Å². The Balaban J connectivity index is 2.29. The maximum atomic E-state index is 13.7. The lowest BCUT2D eigenvalue weighted by atomic mass is 9.85. The van der Waals surface area contributed by atoms with Crippen LogP contribution in [0.5, 0.6) is 0 Å². The van der Waals surface area contributed by atoms with E-state index in [2.05, 4.69) is 19.1 Å². The largest absolute Gasteiger partial charge is 0.321 e. The normalized spacial score (nSPS) is 14.1. The van der Waals surface area contributed by atoms with E-state index in [1.165, 1.54) is 11.6 Å². The molecule has 0 aromatic heterocycles. The summed E-state index contributed by atoms with van der Waals surface area (Å²) >= 11 is 0. The molecule has 1 atom stereocenters. The third-order valence-corrected chi connectivity index (χ3v) is 3.51. The highest BCUT2D eigenvalue weighted by molar-refractivity contribution is 5.31. The Morgan fingerprint density at radius 1 is 1.11 bits per heavy atom. The number of hydrogen-bond acceptors (Lipinski definition) is 1. The molecule has 0 spiro atoms. The minimum Gasteiger partial charge on any atom is -0.321 e. The molecule has 0 aliphatic heterocycles. The summed E-state index contributed by atoms with van der Waals surface area (Å²) in [6.45, 7) is 4.07. The second-order valence-corrected chi connectivity index (χ2v) is 5.24. The zero-order valence-electron chi connectivity index (χ0n) is 11.5. The van der Waals surface area contributed by atoms with Gasteiger partial charge in [-0.3, -0.25) is 0 Å². The van der Waals surface area contributed by atoms with Crippen molar-refractivity contribution in [1.29, 1.82) is 0 Å². The SMILES string of the molecule is CCc1cccc(C(C)(N)Cc2ccccc2F)c1. The summed E-state index contributed by atoms with van der Waals surface area (Å²) in [5.74, 6) is -0.189. The van der Waals surface area contributed by atoms with E-state index >= 15 is 0 Å². The van der Waals surface area contributed by atoms with E-state index in [-0.39, 0.29) is 5.82 Å². The summed E-state index contributed by atoms with van der Waals surface area (Å²) in [6.07, 6.45) is 1.47. The molecule has 2 aromatic carbocycles. The van der Waals surface area contributed by atoms with Crippen molar-refractivity contribution in [3.05, 3.63) is 71.0 Å². The Kier molecular flexibility index (Phi) is 4.01. The predicted octanol–water partition coefficient (Wildman–Crippen LogP) is 3.80. The summed E-state index contributed by atoms with van der Waals surface area (Å²) < 4.78 is 13.7. The molecular weight excluding hydrogens is 237 g/mol. The second kappa shape index (κ2) is 5.54. The topological polar surface area (TPSA) is 26.0 Å². The Labute approximate surface area is 114 Å². The van der Waals surface area contributed by atoms with Gasteiger partial charge in [0.15, 0.2) is 0 Å². The first-order valence-electron chi connectivity index (χ1n) is 6.64. The Hall–Kier alpha value is -1.67. The molecule has 0 heterocycles. The molecule has 0 saturated heterocycles. The van der Waals surface area contributed by atoms with Crippen LogP contribution in [0.25, 0.3) is 0 Å². The maximum Gasteiger partial charge on any atom is 0.126 e. The molecule has 0 radical (unpaired) electrons. The molecule has 19 heavy (non-hydrogen) atoms. The molecule has 2 aromatic rings. The summed E-state index contributed by atoms with van der Waals surface area (Å²) in [5, 5.41) is 0. The third-order valence-electron chi connectivity index (χ3n) is 3.51. The molecule has 2 heteroatoms. The number of rotatable bonds is 4. The van der Waals surface area contributed by atoms with Crippen molar-refractivity contribution in [2.24, 2.45) is 5.73 Å². The summed E-state index contributed by atoms with van der Waals surface area (Å²) in [6, 6.07) is 15.0. The lowest BCUT2D eigenvalue weighted by Gasteiger charge is -2.26. The van der Waals surface area contributed by atoms with Gasteiger partial charge in [0, 0.05) is 5.54 Å². The van der Waals surface area contributed by atoms with Crippen molar-refractivity contribution in [1.82, 2.24) is 0 Å². The molecule has 0 aliphatic carbocycles. The molecular formula is C17H20FN. The summed E-state index contributed by atoms with van der Waals surface area (Å²) in [7, 11) is 0. The standard InChI is InChI=1S/C17H20FN/c1-3-13-7-6-9-15(11-13)17(2,19)12-14-8-4-5-10-16(14)18/h4-11H,3,12,19H2,1-2H3. The van der Waals surface area contributed by atoms with Crippen molar-refractivity contribution in [3.8, 4) is 0 Å². The van der Waals surface area contributed by atoms with E-state index in [4.69, 9.17) is 5.73 Å². The van der Waals surface area contributed by atoms with Gasteiger partial charge in [-0.1, -0.05) is 49.4 Å². The van der Waals surface area contributed by atoms with E-state index in [9.17, 15) is 4.39 Å². The van der Waals surface area contributed by atoms with Crippen LogP contribution in [-0.4, -0.2) is 0 Å². The molecule has 1 nitrogen and oxygen atoms in total. The number of aryl methyl sites for hydroxylation is 1. The maximum absolute atomic E-state index is 13.7. The average Bonchev–Trinajstić information content (AvgIpc) is 2.41. The van der Waals surface area contributed by atoms with Gasteiger partial charge in [0.25, 0.3) is 0 Å². The van der Waals surface area contributed by atoms with Crippen LogP contribution in [0.3, 0.4) is 0 Å². The Morgan fingerprint density at radius 3 is 2.53 bits per heavy atom. The number of halogens is 1. The van der Waals surface area contributed by atoms with Gasteiger partial charge in [-0.25, -0.2) is 4.39 Å². The van der Waals surface area contributed by atoms with E-state index < -0.39 is 5.54 Å². The predicted molar refractivity (Wildman–Crippen MR) is 77.5 cm³/mol. The fourth-order valence-corrected chi connectivity index (χ4v) is 2.29. The zero-order chi connectivity index (χ0) is 13.9. The highest BCUT2D eigenvalue weighted by Crippen LogP contribution is 2.25. The van der Waals surface area contributed by atoms with E-state index in [1.54, 1.807) is 12.1 Å². The van der Waals surface area contributed by atoms with Crippen LogP contribution in [0.1, 0.15) is 30.5 Å². The first kappa shape index (κ1) is 13.8. The van der Waals surface area contributed by atoms with Gasteiger partial charge in [0.2, 0.25) is 0 Å². The van der Waals surface area contributed by atoms with E-state index in [1.807, 2.05) is 25.1 Å². The molecule has 2 rings (SSSR count). The quantitative estimate of drug-likeness (QED) is 0.885. The number of hydrogen-bond donors (Lipinski definition) is 1. The fourth-order valence-electron chi connectivity index (χ4n) is 2.29. The monoisotopic (exact) mass is 257 g/mol. The Bertz CT molecular complexity index is 561. The fraction of sp³-hybridized carbons (Fsp3) is 0.294. The van der Waals surface area contributed by atoms with Gasteiger partial charge in [-0.15, -0.1) is 0 Å². The minimum absolute atomic E-state index is 0.189. The third kappa shape index (κ3) is 3.21. The number of nitrogens with two attached hydrogens (primary N) is 1. The van der Waals surface area contributed by atoms with Gasteiger partial charge < -0.3 is 5.73 Å². The average molecular weight is 257 g/mol. The van der Waals surface area contributed by atoms with Gasteiger partial charge in [0.1, 0.15) is 5.82 Å². The van der Waals surface area contributed by atoms with Crippen molar-refractivity contribution in [2.45, 2.75) is 32.2 Å². The first-order chi connectivity index (χ1) is 9.03. The lowest BCUT2D eigenvalue weighted by molar-refractivity contribution is 0.475. The zero-order valence-corrected chi connectivity index (χ0v) is 11.5. The molecule has 2 N–H and O–H groups in total. The Morgan fingerprint density at radius 2 is 1.84 bits per heavy atom. The molecule has 0 bridgehead atoms. The van der Waals surface area contributed by atoms with Gasteiger partial charge in [-0.2, -0.15) is 0 Å². The van der Waals surface area contributed by atoms with Crippen LogP contribution in [-0.2, 0) is 18.4 Å². The van der Waals surface area contributed by atoms with Gasteiger partial charge in [0.05, 0.1) is 0 Å². The summed E-state index contributed by atoms with van der Waals surface area (Å²) in [4.78, 5) is 0. The van der Waals surface area contributed by atoms with Crippen LogP contribution in [0.2, 0.25) is 0 Å². The molecule has 0 saturated carbocycles. The summed E-state index contributed by atoms with van der Waals surface area (Å²) in [5.41, 5.74) is 8.80. The highest BCUT2D eigenvalue weighted by atomic mass is 19.1. The van der Waals surface area contributed by atoms with Gasteiger partial charge >= 0.3 is 0 Å². The van der Waals surface area contributed by atoms with Crippen molar-refractivity contribution in [2.75, 3.05) is 0 Å². The van der Waals surface area contributed by atoms with Crippen LogP contribution >= 0.6 is 0 Å². The molecule has 0 aliphatic rings. The number of benzene rings is 2. The van der Waals surface area contributed by atoms with Crippen molar-refractivity contribution in [3.63, 3.8) is 0 Å². The van der Waals surface area contributed by atoms with Crippen LogP contribution in [0, 0.1) is 5.82 Å².